The summed E-state index contributed by atoms with van der Waals surface area (Å²) < 4.78 is 42.0. The lowest BCUT2D eigenvalue weighted by molar-refractivity contribution is 0.0992. The van der Waals surface area contributed by atoms with Gasteiger partial charge in [0.25, 0.3) is 0 Å². The minimum absolute atomic E-state index is 0.0313. The zero-order valence-corrected chi connectivity index (χ0v) is 17.9. The molecule has 1 saturated heterocycles. The first kappa shape index (κ1) is 21.8. The van der Waals surface area contributed by atoms with Crippen LogP contribution in [0.5, 0.6) is 0 Å². The quantitative estimate of drug-likeness (QED) is 0.651. The summed E-state index contributed by atoms with van der Waals surface area (Å²) in [5.74, 6) is -2.57. The number of halogens is 4. The SMILES string of the molecule is CN1CCCCC1CN=C1Cc2c(C(=O)Cc3ccc(F)c(Cl)c3)cc(F)c(F)c2N1. The fourth-order valence-corrected chi connectivity index (χ4v) is 4.40. The molecule has 2 aromatic carbocycles. The molecule has 1 N–H and O–H groups in total. The van der Waals surface area contributed by atoms with Crippen molar-refractivity contribution in [1.82, 2.24) is 4.90 Å². The molecule has 2 aliphatic rings. The Kier molecular flexibility index (Phi) is 6.34. The van der Waals surface area contributed by atoms with Gasteiger partial charge in [-0.15, -0.1) is 0 Å². The number of aliphatic imine (C=N–C) groups is 1. The van der Waals surface area contributed by atoms with E-state index in [-0.39, 0.29) is 29.1 Å². The van der Waals surface area contributed by atoms with E-state index in [1.807, 2.05) is 0 Å². The van der Waals surface area contributed by atoms with E-state index < -0.39 is 23.2 Å². The molecule has 1 fully saturated rings. The van der Waals surface area contributed by atoms with Crippen molar-refractivity contribution in [2.75, 3.05) is 25.5 Å². The second-order valence-corrected chi connectivity index (χ2v) is 8.55. The molecule has 2 heterocycles. The van der Waals surface area contributed by atoms with E-state index in [0.717, 1.165) is 25.5 Å². The number of likely N-dealkylation sites (N-methyl/N-ethyl adjacent to an activating group) is 1. The Balaban J connectivity index is 1.56. The minimum atomic E-state index is -1.10. The summed E-state index contributed by atoms with van der Waals surface area (Å²) in [6, 6.07) is 5.24. The summed E-state index contributed by atoms with van der Waals surface area (Å²) in [5, 5.41) is 2.77. The summed E-state index contributed by atoms with van der Waals surface area (Å²) in [4.78, 5) is 19.7. The van der Waals surface area contributed by atoms with Crippen LogP contribution in [0.1, 0.15) is 40.7 Å². The van der Waals surface area contributed by atoms with Crippen LogP contribution in [-0.4, -0.2) is 42.7 Å². The van der Waals surface area contributed by atoms with E-state index in [1.54, 1.807) is 0 Å². The van der Waals surface area contributed by atoms with Gasteiger partial charge in [-0.2, -0.15) is 0 Å². The second-order valence-electron chi connectivity index (χ2n) is 8.14. The van der Waals surface area contributed by atoms with Crippen LogP contribution < -0.4 is 5.32 Å². The molecule has 1 unspecified atom stereocenters. The monoisotopic (exact) mass is 449 g/mol. The third kappa shape index (κ3) is 4.62. The van der Waals surface area contributed by atoms with Crippen LogP contribution in [0.2, 0.25) is 5.02 Å². The highest BCUT2D eigenvalue weighted by Gasteiger charge is 2.29. The molecule has 0 bridgehead atoms. The first-order valence-corrected chi connectivity index (χ1v) is 10.7. The first-order valence-electron chi connectivity index (χ1n) is 10.3. The molecular formula is C23H23ClF3N3O. The zero-order chi connectivity index (χ0) is 22.1. The van der Waals surface area contributed by atoms with E-state index in [2.05, 4.69) is 22.3 Å². The van der Waals surface area contributed by atoms with Crippen molar-refractivity contribution in [3.05, 3.63) is 63.4 Å². The Labute approximate surface area is 184 Å². The normalized spacial score (nSPS) is 20.0. The first-order chi connectivity index (χ1) is 14.8. The average molecular weight is 450 g/mol. The van der Waals surface area contributed by atoms with E-state index in [9.17, 15) is 18.0 Å². The number of nitrogens with zero attached hydrogens (tertiary/aromatic N) is 2. The number of likely N-dealkylation sites (tertiary alicyclic amines) is 1. The Hall–Kier alpha value is -2.38. The molecule has 0 saturated carbocycles. The fourth-order valence-electron chi connectivity index (χ4n) is 4.20. The molecule has 2 aliphatic heterocycles. The standard InChI is InChI=1S/C23H23ClF3N3O/c1-30-7-3-2-4-14(30)12-28-21-11-16-15(10-19(26)22(27)23(16)29-21)20(31)9-13-5-6-18(25)17(24)8-13/h5-6,8,10,14H,2-4,7,9,11-12H2,1H3,(H,28,29). The van der Waals surface area contributed by atoms with Gasteiger partial charge in [0.15, 0.2) is 17.4 Å². The van der Waals surface area contributed by atoms with E-state index in [1.165, 1.54) is 24.6 Å². The predicted molar refractivity (Wildman–Crippen MR) is 116 cm³/mol. The van der Waals surface area contributed by atoms with Gasteiger partial charge in [-0.25, -0.2) is 13.2 Å². The number of amidine groups is 1. The summed E-state index contributed by atoms with van der Waals surface area (Å²) in [5.41, 5.74) is 0.959. The van der Waals surface area contributed by atoms with Gasteiger partial charge in [-0.3, -0.25) is 9.79 Å². The predicted octanol–water partition coefficient (Wildman–Crippen LogP) is 5.03. The molecule has 8 heteroatoms. The lowest BCUT2D eigenvalue weighted by Gasteiger charge is -2.31. The number of hydrogen-bond donors (Lipinski definition) is 1. The van der Waals surface area contributed by atoms with E-state index >= 15 is 0 Å². The third-order valence-electron chi connectivity index (χ3n) is 6.00. The molecule has 31 heavy (non-hydrogen) atoms. The molecule has 0 aromatic heterocycles. The van der Waals surface area contributed by atoms with Crippen LogP contribution in [0.25, 0.3) is 0 Å². The molecule has 1 atom stereocenters. The smallest absolute Gasteiger partial charge is 0.182 e. The second kappa shape index (κ2) is 9.01. The molecule has 0 amide bonds. The van der Waals surface area contributed by atoms with Crippen molar-refractivity contribution in [3.63, 3.8) is 0 Å². The minimum Gasteiger partial charge on any atom is -0.341 e. The Morgan fingerprint density at radius 3 is 2.77 bits per heavy atom. The number of carbonyl (C=O) groups is 1. The van der Waals surface area contributed by atoms with Crippen LogP contribution in [-0.2, 0) is 12.8 Å². The topological polar surface area (TPSA) is 44.7 Å². The maximum atomic E-state index is 14.4. The highest BCUT2D eigenvalue weighted by molar-refractivity contribution is 6.30. The maximum Gasteiger partial charge on any atom is 0.182 e. The number of benzene rings is 2. The van der Waals surface area contributed by atoms with Crippen LogP contribution in [0.4, 0.5) is 18.9 Å². The Morgan fingerprint density at radius 2 is 2.03 bits per heavy atom. The van der Waals surface area contributed by atoms with E-state index in [4.69, 9.17) is 11.6 Å². The highest BCUT2D eigenvalue weighted by Crippen LogP contribution is 2.33. The van der Waals surface area contributed by atoms with Crippen LogP contribution in [0.15, 0.2) is 29.3 Å². The van der Waals surface area contributed by atoms with Crippen LogP contribution in [0, 0.1) is 17.5 Å². The largest absolute Gasteiger partial charge is 0.341 e. The van der Waals surface area contributed by atoms with Crippen molar-refractivity contribution in [3.8, 4) is 0 Å². The molecule has 4 nitrogen and oxygen atoms in total. The lowest BCUT2D eigenvalue weighted by atomic mass is 9.96. The van der Waals surface area contributed by atoms with Gasteiger partial charge < -0.3 is 10.2 Å². The van der Waals surface area contributed by atoms with Crippen LogP contribution in [0.3, 0.4) is 0 Å². The van der Waals surface area contributed by atoms with E-state index in [0.29, 0.717) is 29.5 Å². The van der Waals surface area contributed by atoms with Gasteiger partial charge in [0.2, 0.25) is 0 Å². The molecule has 2 aromatic rings. The third-order valence-corrected chi connectivity index (χ3v) is 6.29. The number of nitrogens with one attached hydrogen (secondary N) is 1. The summed E-state index contributed by atoms with van der Waals surface area (Å²) in [6.07, 6.45) is 3.50. The molecular weight excluding hydrogens is 427 g/mol. The maximum absolute atomic E-state index is 14.4. The lowest BCUT2D eigenvalue weighted by Crippen LogP contribution is -2.38. The van der Waals surface area contributed by atoms with Crippen LogP contribution >= 0.6 is 11.6 Å². The number of fused-ring (bicyclic) bond motifs is 1. The van der Waals surface area contributed by atoms with Crippen molar-refractivity contribution in [1.29, 1.82) is 0 Å². The van der Waals surface area contributed by atoms with Gasteiger partial charge in [-0.05, 0) is 55.8 Å². The molecule has 164 valence electrons. The van der Waals surface area contributed by atoms with Crippen molar-refractivity contribution >= 4 is 28.9 Å². The van der Waals surface area contributed by atoms with Gasteiger partial charge in [0.05, 0.1) is 17.3 Å². The number of rotatable bonds is 5. The van der Waals surface area contributed by atoms with Crippen molar-refractivity contribution in [2.24, 2.45) is 4.99 Å². The number of anilines is 1. The fraction of sp³-hybridized carbons (Fsp3) is 0.391. The Morgan fingerprint density at radius 1 is 1.23 bits per heavy atom. The number of ketones is 1. The Bertz CT molecular complexity index is 1060. The van der Waals surface area contributed by atoms with Crippen molar-refractivity contribution < 1.29 is 18.0 Å². The molecule has 0 radical (unpaired) electrons. The summed E-state index contributed by atoms with van der Waals surface area (Å²) in [7, 11) is 2.06. The summed E-state index contributed by atoms with van der Waals surface area (Å²) >= 11 is 5.79. The van der Waals surface area contributed by atoms with Crippen molar-refractivity contribution in [2.45, 2.75) is 38.1 Å². The van der Waals surface area contributed by atoms with Gasteiger partial charge >= 0.3 is 0 Å². The number of carbonyl (C=O) groups excluding carboxylic acids is 1. The average Bonchev–Trinajstić information content (AvgIpc) is 3.17. The summed E-state index contributed by atoms with van der Waals surface area (Å²) in [6.45, 7) is 1.59. The molecule has 0 aliphatic carbocycles. The number of piperidine rings is 1. The van der Waals surface area contributed by atoms with Gasteiger partial charge in [-0.1, -0.05) is 24.1 Å². The van der Waals surface area contributed by atoms with Gasteiger partial charge in [0.1, 0.15) is 11.7 Å². The highest BCUT2D eigenvalue weighted by atomic mass is 35.5. The molecule has 0 spiro atoms. The van der Waals surface area contributed by atoms with Gasteiger partial charge in [0, 0.05) is 24.4 Å². The molecule has 4 rings (SSSR count). The number of hydrogen-bond acceptors (Lipinski definition) is 3. The zero-order valence-electron chi connectivity index (χ0n) is 17.2. The number of Topliss-reactive ketones (excluding diaryl/α,β-unsaturated/α-hetero) is 1.